The summed E-state index contributed by atoms with van der Waals surface area (Å²) < 4.78 is 0.692. The van der Waals surface area contributed by atoms with Crippen LogP contribution >= 0.6 is 15.9 Å². The van der Waals surface area contributed by atoms with E-state index in [1.54, 1.807) is 24.3 Å². The summed E-state index contributed by atoms with van der Waals surface area (Å²) in [4.78, 5) is 42.3. The number of carbonyl (C=O) groups is 1. The van der Waals surface area contributed by atoms with E-state index in [-0.39, 0.29) is 23.2 Å². The normalized spacial score (nSPS) is 11.0. The number of rotatable bonds is 3. The van der Waals surface area contributed by atoms with Crippen LogP contribution in [0.1, 0.15) is 15.9 Å². The second-order valence-corrected chi connectivity index (χ2v) is 6.96. The maximum atomic E-state index is 12.7. The Labute approximate surface area is 161 Å². The molecule has 0 aliphatic rings. The average Bonchev–Trinajstić information content (AvgIpc) is 2.66. The third-order valence-electron chi connectivity index (χ3n) is 4.34. The summed E-state index contributed by atoms with van der Waals surface area (Å²) in [6.07, 6.45) is 0. The highest BCUT2D eigenvalue weighted by molar-refractivity contribution is 9.10. The molecule has 1 amide bonds. The molecule has 0 fully saturated rings. The van der Waals surface area contributed by atoms with Crippen LogP contribution in [0.15, 0.2) is 68.7 Å². The molecule has 2 heterocycles. The van der Waals surface area contributed by atoms with Crippen molar-refractivity contribution in [2.24, 2.45) is 0 Å². The van der Waals surface area contributed by atoms with Gasteiger partial charge in [0, 0.05) is 33.6 Å². The zero-order chi connectivity index (χ0) is 19.0. The van der Waals surface area contributed by atoms with Crippen LogP contribution in [0.5, 0.6) is 0 Å². The minimum atomic E-state index is -0.420. The first kappa shape index (κ1) is 17.2. The molecule has 27 heavy (non-hydrogen) atoms. The van der Waals surface area contributed by atoms with E-state index in [0.29, 0.717) is 20.9 Å². The Kier molecular flexibility index (Phi) is 4.37. The largest absolute Gasteiger partial charge is 0.348 e. The molecule has 0 aliphatic heterocycles. The lowest BCUT2D eigenvalue weighted by Crippen LogP contribution is -2.28. The van der Waals surface area contributed by atoms with E-state index in [1.807, 2.05) is 24.3 Å². The Morgan fingerprint density at radius 2 is 1.81 bits per heavy atom. The standard InChI is InChI=1S/C20H14BrN3O3/c21-15-6-3-5-13-14(9-17(25)24-18(13)15)20(27)22-10-12-8-11-4-1-2-7-16(11)23-19(12)26/h1-9H,10H2,(H,22,27)(H,23,26)(H,24,25). The molecule has 4 rings (SSSR count). The van der Waals surface area contributed by atoms with E-state index in [4.69, 9.17) is 0 Å². The number of amides is 1. The van der Waals surface area contributed by atoms with Gasteiger partial charge in [0.15, 0.2) is 0 Å². The number of fused-ring (bicyclic) bond motifs is 2. The Morgan fingerprint density at radius 1 is 1.00 bits per heavy atom. The minimum absolute atomic E-state index is 0.0568. The van der Waals surface area contributed by atoms with Gasteiger partial charge in [0.1, 0.15) is 0 Å². The SMILES string of the molecule is O=C(NCc1cc2ccccc2[nH]c1=O)c1cc(=O)[nH]c2c(Br)cccc12. The number of carbonyl (C=O) groups excluding carboxylic acids is 1. The molecule has 0 saturated carbocycles. The van der Waals surface area contributed by atoms with Crippen LogP contribution in [0.25, 0.3) is 21.8 Å². The summed E-state index contributed by atoms with van der Waals surface area (Å²) in [5, 5.41) is 4.23. The van der Waals surface area contributed by atoms with Crippen molar-refractivity contribution >= 4 is 43.6 Å². The predicted octanol–water partition coefficient (Wildman–Crippen LogP) is 3.06. The molecule has 0 bridgehead atoms. The number of hydrogen-bond acceptors (Lipinski definition) is 3. The van der Waals surface area contributed by atoms with Gasteiger partial charge in [0.05, 0.1) is 11.1 Å². The number of aromatic nitrogens is 2. The third kappa shape index (κ3) is 3.29. The van der Waals surface area contributed by atoms with Crippen LogP contribution in [-0.4, -0.2) is 15.9 Å². The van der Waals surface area contributed by atoms with Crippen LogP contribution in [0.3, 0.4) is 0 Å². The van der Waals surface area contributed by atoms with Crippen LogP contribution in [0, 0.1) is 0 Å². The van der Waals surface area contributed by atoms with E-state index < -0.39 is 5.91 Å². The first-order chi connectivity index (χ1) is 13.0. The highest BCUT2D eigenvalue weighted by Gasteiger charge is 2.14. The predicted molar refractivity (Wildman–Crippen MR) is 108 cm³/mol. The van der Waals surface area contributed by atoms with Gasteiger partial charge in [0.2, 0.25) is 5.56 Å². The molecule has 0 atom stereocenters. The van der Waals surface area contributed by atoms with Gasteiger partial charge in [-0.15, -0.1) is 0 Å². The Balaban J connectivity index is 1.67. The highest BCUT2D eigenvalue weighted by atomic mass is 79.9. The first-order valence-electron chi connectivity index (χ1n) is 8.23. The van der Waals surface area contributed by atoms with Gasteiger partial charge in [-0.05, 0) is 39.5 Å². The van der Waals surface area contributed by atoms with Crippen molar-refractivity contribution in [1.82, 2.24) is 15.3 Å². The number of benzene rings is 2. The lowest BCUT2D eigenvalue weighted by atomic mass is 10.1. The number of nitrogens with one attached hydrogen (secondary N) is 3. The van der Waals surface area contributed by atoms with Gasteiger partial charge in [-0.2, -0.15) is 0 Å². The van der Waals surface area contributed by atoms with E-state index in [0.717, 1.165) is 10.9 Å². The van der Waals surface area contributed by atoms with Crippen molar-refractivity contribution < 1.29 is 4.79 Å². The molecule has 134 valence electrons. The molecule has 0 saturated heterocycles. The van der Waals surface area contributed by atoms with Crippen molar-refractivity contribution in [2.45, 2.75) is 6.54 Å². The quantitative estimate of drug-likeness (QED) is 0.472. The second kappa shape index (κ2) is 6.85. The fourth-order valence-electron chi connectivity index (χ4n) is 3.03. The molecule has 4 aromatic rings. The summed E-state index contributed by atoms with van der Waals surface area (Å²) in [7, 11) is 0. The fraction of sp³-hybridized carbons (Fsp3) is 0.0500. The van der Waals surface area contributed by atoms with Gasteiger partial charge in [-0.1, -0.05) is 30.3 Å². The maximum absolute atomic E-state index is 12.7. The van der Waals surface area contributed by atoms with Crippen LogP contribution in [0.2, 0.25) is 0 Å². The van der Waals surface area contributed by atoms with Gasteiger partial charge in [0.25, 0.3) is 11.5 Å². The summed E-state index contributed by atoms with van der Waals surface area (Å²) in [6, 6.07) is 15.8. The maximum Gasteiger partial charge on any atom is 0.253 e. The fourth-order valence-corrected chi connectivity index (χ4v) is 3.49. The summed E-state index contributed by atoms with van der Waals surface area (Å²) in [6.45, 7) is 0.0568. The molecular formula is C20H14BrN3O3. The summed E-state index contributed by atoms with van der Waals surface area (Å²) in [5.41, 5.74) is 1.36. The Bertz CT molecular complexity index is 1310. The molecule has 7 heteroatoms. The number of hydrogen-bond donors (Lipinski definition) is 3. The molecule has 0 radical (unpaired) electrons. The van der Waals surface area contributed by atoms with Crippen molar-refractivity contribution in [3.05, 3.63) is 90.9 Å². The summed E-state index contributed by atoms with van der Waals surface area (Å²) >= 11 is 3.38. The van der Waals surface area contributed by atoms with Crippen molar-refractivity contribution in [2.75, 3.05) is 0 Å². The lowest BCUT2D eigenvalue weighted by molar-refractivity contribution is 0.0952. The number of halogens is 1. The Hall–Kier alpha value is -3.19. The zero-order valence-electron chi connectivity index (χ0n) is 14.0. The molecule has 6 nitrogen and oxygen atoms in total. The average molecular weight is 424 g/mol. The molecule has 0 unspecified atom stereocenters. The van der Waals surface area contributed by atoms with Crippen molar-refractivity contribution in [3.8, 4) is 0 Å². The van der Waals surface area contributed by atoms with Gasteiger partial charge in [-0.3, -0.25) is 14.4 Å². The van der Waals surface area contributed by atoms with Crippen LogP contribution < -0.4 is 16.4 Å². The summed E-state index contributed by atoms with van der Waals surface area (Å²) in [5.74, 6) is -0.420. The van der Waals surface area contributed by atoms with Crippen LogP contribution in [0.4, 0.5) is 0 Å². The second-order valence-electron chi connectivity index (χ2n) is 6.10. The number of aromatic amines is 2. The topological polar surface area (TPSA) is 94.8 Å². The van der Waals surface area contributed by atoms with Gasteiger partial charge < -0.3 is 15.3 Å². The zero-order valence-corrected chi connectivity index (χ0v) is 15.6. The van der Waals surface area contributed by atoms with E-state index in [1.165, 1.54) is 6.07 Å². The molecular weight excluding hydrogens is 410 g/mol. The molecule has 2 aromatic carbocycles. The van der Waals surface area contributed by atoms with Gasteiger partial charge in [-0.25, -0.2) is 0 Å². The smallest absolute Gasteiger partial charge is 0.253 e. The molecule has 2 aromatic heterocycles. The highest BCUT2D eigenvalue weighted by Crippen LogP contribution is 2.23. The Morgan fingerprint density at radius 3 is 2.67 bits per heavy atom. The van der Waals surface area contributed by atoms with Crippen LogP contribution in [-0.2, 0) is 6.54 Å². The number of pyridine rings is 2. The number of para-hydroxylation sites is 2. The first-order valence-corrected chi connectivity index (χ1v) is 9.03. The molecule has 0 spiro atoms. The van der Waals surface area contributed by atoms with Crippen molar-refractivity contribution in [1.29, 1.82) is 0 Å². The molecule has 3 N–H and O–H groups in total. The van der Waals surface area contributed by atoms with E-state index >= 15 is 0 Å². The van der Waals surface area contributed by atoms with E-state index in [9.17, 15) is 14.4 Å². The monoisotopic (exact) mass is 423 g/mol. The molecule has 0 aliphatic carbocycles. The third-order valence-corrected chi connectivity index (χ3v) is 5.00. The van der Waals surface area contributed by atoms with Gasteiger partial charge >= 0.3 is 0 Å². The lowest BCUT2D eigenvalue weighted by Gasteiger charge is -2.09. The van der Waals surface area contributed by atoms with Crippen molar-refractivity contribution in [3.63, 3.8) is 0 Å². The number of H-pyrrole nitrogens is 2. The minimum Gasteiger partial charge on any atom is -0.348 e. The van der Waals surface area contributed by atoms with E-state index in [2.05, 4.69) is 31.2 Å².